The lowest BCUT2D eigenvalue weighted by Crippen LogP contribution is -2.42. The highest BCUT2D eigenvalue weighted by atomic mass is 16.2. The molecule has 0 radical (unpaired) electrons. The van der Waals surface area contributed by atoms with E-state index in [0.717, 1.165) is 0 Å². The van der Waals surface area contributed by atoms with Gasteiger partial charge in [-0.25, -0.2) is 0 Å². The molecule has 0 aliphatic carbocycles. The third-order valence-corrected chi connectivity index (χ3v) is 5.35. The number of anilines is 4. The van der Waals surface area contributed by atoms with Crippen molar-refractivity contribution in [2.45, 2.75) is 25.8 Å². The molecule has 0 spiro atoms. The Morgan fingerprint density at radius 3 is 2.56 bits per heavy atom. The first-order valence-electron chi connectivity index (χ1n) is 10.8. The van der Waals surface area contributed by atoms with Gasteiger partial charge in [0.25, 0.3) is 0 Å². The third-order valence-electron chi connectivity index (χ3n) is 5.35. The van der Waals surface area contributed by atoms with Crippen molar-refractivity contribution in [3.8, 4) is 0 Å². The molecule has 4 amide bonds. The zero-order chi connectivity index (χ0) is 24.1. The number of hydrogen-bond acceptors (Lipinski definition) is 5. The molecule has 10 nitrogen and oxygen atoms in total. The van der Waals surface area contributed by atoms with E-state index in [4.69, 9.17) is 0 Å². The molecular formula is C24H24N6O4. The summed E-state index contributed by atoms with van der Waals surface area (Å²) in [4.78, 5) is 50.9. The number of benzene rings is 2. The van der Waals surface area contributed by atoms with Gasteiger partial charge in [-0.15, -0.1) is 0 Å². The van der Waals surface area contributed by atoms with Gasteiger partial charge in [-0.3, -0.25) is 23.9 Å². The Bertz CT molecular complexity index is 1220. The third kappa shape index (κ3) is 5.29. The maximum atomic E-state index is 12.7. The lowest BCUT2D eigenvalue weighted by atomic mass is 10.1. The van der Waals surface area contributed by atoms with Gasteiger partial charge in [0.15, 0.2) is 0 Å². The minimum atomic E-state index is -0.499. The monoisotopic (exact) mass is 460 g/mol. The van der Waals surface area contributed by atoms with Crippen LogP contribution in [0.5, 0.6) is 0 Å². The van der Waals surface area contributed by atoms with E-state index in [1.807, 2.05) is 0 Å². The van der Waals surface area contributed by atoms with Crippen LogP contribution in [0.3, 0.4) is 0 Å². The van der Waals surface area contributed by atoms with E-state index >= 15 is 0 Å². The maximum absolute atomic E-state index is 12.7. The number of nitrogens with zero attached hydrogens (tertiary/aromatic N) is 3. The van der Waals surface area contributed by atoms with Gasteiger partial charge < -0.3 is 20.9 Å². The molecule has 2 heterocycles. The van der Waals surface area contributed by atoms with Crippen LogP contribution in [0.1, 0.15) is 25.8 Å². The number of nitrogens with one attached hydrogen (secondary N) is 3. The topological polar surface area (TPSA) is 125 Å². The Morgan fingerprint density at radius 1 is 1.03 bits per heavy atom. The van der Waals surface area contributed by atoms with Crippen molar-refractivity contribution >= 4 is 46.4 Å². The largest absolute Gasteiger partial charge is 0.326 e. The Labute approximate surface area is 195 Å². The van der Waals surface area contributed by atoms with Crippen molar-refractivity contribution in [1.29, 1.82) is 0 Å². The molecule has 3 aromatic rings. The predicted molar refractivity (Wildman–Crippen MR) is 127 cm³/mol. The van der Waals surface area contributed by atoms with E-state index in [2.05, 4.69) is 21.0 Å². The van der Waals surface area contributed by atoms with Crippen LogP contribution in [0, 0.1) is 0 Å². The number of carbonyl (C=O) groups excluding carboxylic acids is 4. The molecular weight excluding hydrogens is 436 g/mol. The van der Waals surface area contributed by atoms with Gasteiger partial charge in [-0.05, 0) is 43.3 Å². The second kappa shape index (κ2) is 9.99. The zero-order valence-electron chi connectivity index (χ0n) is 18.5. The van der Waals surface area contributed by atoms with E-state index in [9.17, 15) is 19.2 Å². The molecule has 0 bridgehead atoms. The Kier molecular flexibility index (Phi) is 6.67. The Morgan fingerprint density at radius 2 is 1.79 bits per heavy atom. The second-order valence-corrected chi connectivity index (χ2v) is 7.83. The van der Waals surface area contributed by atoms with Crippen molar-refractivity contribution in [2.24, 2.45) is 0 Å². The quantitative estimate of drug-likeness (QED) is 0.500. The van der Waals surface area contributed by atoms with Gasteiger partial charge in [-0.1, -0.05) is 18.2 Å². The molecule has 4 rings (SSSR count). The molecule has 0 saturated heterocycles. The van der Waals surface area contributed by atoms with Crippen LogP contribution in [0.2, 0.25) is 0 Å². The van der Waals surface area contributed by atoms with E-state index in [1.54, 1.807) is 78.6 Å². The number of amides is 4. The number of hydrogen-bond donors (Lipinski definition) is 3. The fraction of sp³-hybridized carbons (Fsp3) is 0.208. The molecule has 2 aromatic carbocycles. The van der Waals surface area contributed by atoms with Crippen LogP contribution in [0.25, 0.3) is 0 Å². The average molecular weight is 460 g/mol. The molecule has 1 atom stereocenters. The SMILES string of the molecule is C[C@@H](C(=O)Nc1cccc(NC(=O)CCC(=O)N2CC(=O)Nc3ccccc32)c1)n1cccn1. The minimum absolute atomic E-state index is 0.0496. The highest BCUT2D eigenvalue weighted by molar-refractivity contribution is 6.10. The van der Waals surface area contributed by atoms with Crippen LogP contribution in [-0.2, 0) is 19.2 Å². The lowest BCUT2D eigenvalue weighted by Gasteiger charge is -2.29. The summed E-state index contributed by atoms with van der Waals surface area (Å²) < 4.78 is 1.54. The molecule has 0 saturated carbocycles. The first kappa shape index (κ1) is 22.7. The molecule has 174 valence electrons. The van der Waals surface area contributed by atoms with Crippen LogP contribution in [0.15, 0.2) is 67.0 Å². The Balaban J connectivity index is 1.32. The van der Waals surface area contributed by atoms with Crippen LogP contribution in [-0.4, -0.2) is 40.0 Å². The summed E-state index contributed by atoms with van der Waals surface area (Å²) >= 11 is 0. The van der Waals surface area contributed by atoms with Gasteiger partial charge >= 0.3 is 0 Å². The van der Waals surface area contributed by atoms with Gasteiger partial charge in [-0.2, -0.15) is 5.10 Å². The van der Waals surface area contributed by atoms with E-state index in [-0.39, 0.29) is 43.0 Å². The molecule has 3 N–H and O–H groups in total. The number of carbonyl (C=O) groups is 4. The molecule has 10 heteroatoms. The number of para-hydroxylation sites is 2. The van der Waals surface area contributed by atoms with Crippen LogP contribution >= 0.6 is 0 Å². The van der Waals surface area contributed by atoms with Crippen LogP contribution in [0.4, 0.5) is 22.7 Å². The molecule has 34 heavy (non-hydrogen) atoms. The van der Waals surface area contributed by atoms with Gasteiger partial charge in [0.1, 0.15) is 12.6 Å². The first-order chi connectivity index (χ1) is 16.4. The summed E-state index contributed by atoms with van der Waals surface area (Å²) in [5.74, 6) is -1.19. The van der Waals surface area contributed by atoms with Crippen molar-refractivity contribution in [3.05, 3.63) is 67.0 Å². The smallest absolute Gasteiger partial charge is 0.248 e. The maximum Gasteiger partial charge on any atom is 0.248 e. The summed E-state index contributed by atoms with van der Waals surface area (Å²) in [6, 6.07) is 15.0. The normalized spacial score (nSPS) is 13.4. The number of rotatable bonds is 7. The summed E-state index contributed by atoms with van der Waals surface area (Å²) in [6.07, 6.45) is 3.21. The summed E-state index contributed by atoms with van der Waals surface area (Å²) in [5, 5.41) is 12.3. The summed E-state index contributed by atoms with van der Waals surface area (Å²) in [6.45, 7) is 1.64. The van der Waals surface area contributed by atoms with Gasteiger partial charge in [0.2, 0.25) is 23.6 Å². The standard InChI is InChI=1S/C24H24N6O4/c1-16(30-13-5-12-25-30)24(34)27-18-7-4-6-17(14-18)26-21(31)10-11-23(33)29-15-22(32)28-19-8-2-3-9-20(19)29/h2-9,12-14,16H,10-11,15H2,1H3,(H,26,31)(H,27,34)(H,28,32)/t16-/m0/s1. The van der Waals surface area contributed by atoms with E-state index < -0.39 is 6.04 Å². The van der Waals surface area contributed by atoms with Gasteiger partial charge in [0, 0.05) is 36.6 Å². The lowest BCUT2D eigenvalue weighted by molar-refractivity contribution is -0.124. The highest BCUT2D eigenvalue weighted by Crippen LogP contribution is 2.29. The first-order valence-corrected chi connectivity index (χ1v) is 10.8. The highest BCUT2D eigenvalue weighted by Gasteiger charge is 2.26. The molecule has 1 aliphatic heterocycles. The fourth-order valence-electron chi connectivity index (χ4n) is 3.59. The van der Waals surface area contributed by atoms with Gasteiger partial charge in [0.05, 0.1) is 11.4 Å². The predicted octanol–water partition coefficient (Wildman–Crippen LogP) is 2.79. The molecule has 0 unspecified atom stereocenters. The van der Waals surface area contributed by atoms with E-state index in [1.165, 1.54) is 4.90 Å². The van der Waals surface area contributed by atoms with Crippen molar-refractivity contribution in [2.75, 3.05) is 27.4 Å². The minimum Gasteiger partial charge on any atom is -0.326 e. The number of fused-ring (bicyclic) bond motifs is 1. The number of aromatic nitrogens is 2. The summed E-state index contributed by atoms with van der Waals surface area (Å²) in [7, 11) is 0. The van der Waals surface area contributed by atoms with Crippen molar-refractivity contribution in [1.82, 2.24) is 9.78 Å². The molecule has 1 aromatic heterocycles. The van der Waals surface area contributed by atoms with E-state index in [0.29, 0.717) is 22.7 Å². The molecule has 1 aliphatic rings. The fourth-order valence-corrected chi connectivity index (χ4v) is 3.59. The molecule has 0 fully saturated rings. The Hall–Kier alpha value is -4.47. The van der Waals surface area contributed by atoms with Crippen molar-refractivity contribution < 1.29 is 19.2 Å². The zero-order valence-corrected chi connectivity index (χ0v) is 18.5. The van der Waals surface area contributed by atoms with Crippen molar-refractivity contribution in [3.63, 3.8) is 0 Å². The average Bonchev–Trinajstić information content (AvgIpc) is 3.36. The second-order valence-electron chi connectivity index (χ2n) is 7.83. The van der Waals surface area contributed by atoms with Crippen LogP contribution < -0.4 is 20.9 Å². The summed E-state index contributed by atoms with van der Waals surface area (Å²) in [5.41, 5.74) is 2.19.